The summed E-state index contributed by atoms with van der Waals surface area (Å²) < 4.78 is 31.5. The van der Waals surface area contributed by atoms with Crippen molar-refractivity contribution in [3.05, 3.63) is 107 Å². The van der Waals surface area contributed by atoms with Gasteiger partial charge in [0.25, 0.3) is 0 Å². The summed E-state index contributed by atoms with van der Waals surface area (Å²) in [6.07, 6.45) is -1.08. The van der Waals surface area contributed by atoms with Crippen LogP contribution in [0.4, 0.5) is 0 Å². The fourth-order valence-corrected chi connectivity index (χ4v) is 5.84. The van der Waals surface area contributed by atoms with E-state index in [-0.39, 0.29) is 0 Å². The Morgan fingerprint density at radius 1 is 0.929 bits per heavy atom. The van der Waals surface area contributed by atoms with Crippen molar-refractivity contribution < 1.29 is 23.7 Å². The summed E-state index contributed by atoms with van der Waals surface area (Å²) in [4.78, 5) is 2.20. The van der Waals surface area contributed by atoms with E-state index in [4.69, 9.17) is 35.3 Å². The highest BCUT2D eigenvalue weighted by atomic mass is 35.5. The first-order valence-electron chi connectivity index (χ1n) is 14.5. The minimum Gasteiger partial charge on any atom is -0.379 e. The second-order valence-electron chi connectivity index (χ2n) is 11.2. The molecular formula is C34H39ClN2O5. The number of hydrogen-bond donors (Lipinski definition) is 0. The smallest absolute Gasteiger partial charge is 0.163 e. The number of benzene rings is 3. The van der Waals surface area contributed by atoms with E-state index in [1.165, 1.54) is 0 Å². The number of nitrogens with zero attached hydrogens (tertiary/aromatic N) is 2. The first-order valence-corrected chi connectivity index (χ1v) is 14.9. The third-order valence-corrected chi connectivity index (χ3v) is 8.16. The molecule has 0 saturated carbocycles. The van der Waals surface area contributed by atoms with Crippen molar-refractivity contribution in [3.8, 4) is 6.07 Å². The topological polar surface area (TPSA) is 73.2 Å². The van der Waals surface area contributed by atoms with Crippen LogP contribution in [0.5, 0.6) is 0 Å². The Morgan fingerprint density at radius 3 is 2.07 bits per heavy atom. The first kappa shape index (κ1) is 30.7. The van der Waals surface area contributed by atoms with Crippen LogP contribution in [0.25, 0.3) is 0 Å². The van der Waals surface area contributed by atoms with Crippen molar-refractivity contribution in [1.29, 1.82) is 5.26 Å². The van der Waals surface area contributed by atoms with E-state index in [2.05, 4.69) is 11.0 Å². The van der Waals surface area contributed by atoms with E-state index in [0.29, 0.717) is 57.6 Å². The Hall–Kier alpha value is -2.80. The highest BCUT2D eigenvalue weighted by Crippen LogP contribution is 2.38. The van der Waals surface area contributed by atoms with Gasteiger partial charge in [0.2, 0.25) is 0 Å². The lowest BCUT2D eigenvalue weighted by Crippen LogP contribution is -2.55. The van der Waals surface area contributed by atoms with Crippen LogP contribution < -0.4 is 0 Å². The van der Waals surface area contributed by atoms with Gasteiger partial charge in [0.1, 0.15) is 17.7 Å². The van der Waals surface area contributed by atoms with E-state index >= 15 is 0 Å². The molecule has 2 aliphatic rings. The molecule has 42 heavy (non-hydrogen) atoms. The lowest BCUT2D eigenvalue weighted by molar-refractivity contribution is -0.184. The number of morpholine rings is 1. The second kappa shape index (κ2) is 14.1. The Bertz CT molecular complexity index is 1300. The molecule has 3 aromatic rings. The third-order valence-electron chi connectivity index (χ3n) is 7.91. The molecule has 8 heteroatoms. The molecule has 7 nitrogen and oxygen atoms in total. The van der Waals surface area contributed by atoms with Crippen LogP contribution in [-0.2, 0) is 42.4 Å². The number of hydrogen-bond acceptors (Lipinski definition) is 7. The van der Waals surface area contributed by atoms with E-state index in [9.17, 15) is 5.26 Å². The molecule has 0 spiro atoms. The van der Waals surface area contributed by atoms with Gasteiger partial charge in [-0.25, -0.2) is 0 Å². The van der Waals surface area contributed by atoms with Gasteiger partial charge >= 0.3 is 0 Å². The molecule has 0 radical (unpaired) electrons. The quantitative estimate of drug-likeness (QED) is 0.252. The first-order chi connectivity index (χ1) is 20.4. The van der Waals surface area contributed by atoms with Gasteiger partial charge < -0.3 is 23.7 Å². The summed E-state index contributed by atoms with van der Waals surface area (Å²) >= 11 is 6.29. The van der Waals surface area contributed by atoms with Gasteiger partial charge in [0, 0.05) is 24.5 Å². The molecule has 0 aromatic heterocycles. The van der Waals surface area contributed by atoms with E-state index < -0.39 is 29.6 Å². The molecule has 0 amide bonds. The average molecular weight is 591 g/mol. The van der Waals surface area contributed by atoms with Crippen molar-refractivity contribution in [1.82, 2.24) is 4.90 Å². The molecule has 4 atom stereocenters. The van der Waals surface area contributed by atoms with Gasteiger partial charge in [-0.05, 0) is 42.7 Å². The van der Waals surface area contributed by atoms with Gasteiger partial charge in [-0.15, -0.1) is 0 Å². The molecule has 2 saturated heterocycles. The predicted octanol–water partition coefficient (Wildman–Crippen LogP) is 6.10. The Kier molecular flexibility index (Phi) is 10.3. The zero-order valence-electron chi connectivity index (χ0n) is 24.3. The van der Waals surface area contributed by atoms with Gasteiger partial charge in [0.05, 0.1) is 45.2 Å². The van der Waals surface area contributed by atoms with Crippen molar-refractivity contribution in [3.63, 3.8) is 0 Å². The van der Waals surface area contributed by atoms with Crippen LogP contribution in [0.1, 0.15) is 37.0 Å². The summed E-state index contributed by atoms with van der Waals surface area (Å²) in [5, 5.41) is 11.6. The molecule has 5 rings (SSSR count). The van der Waals surface area contributed by atoms with Crippen LogP contribution in [0.3, 0.4) is 0 Å². The molecule has 0 N–H and O–H groups in total. The van der Waals surface area contributed by atoms with Crippen LogP contribution in [0.15, 0.2) is 84.9 Å². The molecule has 222 valence electrons. The van der Waals surface area contributed by atoms with Crippen LogP contribution in [0.2, 0.25) is 5.02 Å². The zero-order chi connectivity index (χ0) is 29.4. The normalized spacial score (nSPS) is 21.7. The second-order valence-corrected chi connectivity index (χ2v) is 11.7. The molecular weight excluding hydrogens is 552 g/mol. The van der Waals surface area contributed by atoms with E-state index in [1.54, 1.807) is 0 Å². The summed E-state index contributed by atoms with van der Waals surface area (Å²) in [6, 6.07) is 30.3. The molecule has 0 aliphatic carbocycles. The lowest BCUT2D eigenvalue weighted by atomic mass is 9.81. The fourth-order valence-electron chi connectivity index (χ4n) is 5.72. The maximum Gasteiger partial charge on any atom is 0.163 e. The SMILES string of the molecule is CC1(C)OC[C@H]([C@@H](OCc2ccccc2)[C@@H](C[C@](C#N)(c2ccc(Cl)cc2)N2CCOCC2)OCc2ccccc2)O1. The zero-order valence-corrected chi connectivity index (χ0v) is 25.0. The van der Waals surface area contributed by atoms with Crippen LogP contribution in [-0.4, -0.2) is 61.9 Å². The van der Waals surface area contributed by atoms with Crippen LogP contribution >= 0.6 is 11.6 Å². The standard InChI is InChI=1S/C34H39ClN2O5/c1-33(2)41-24-31(42-33)32(40-23-27-11-7-4-8-12-27)30(39-22-26-9-5-3-6-10-26)21-34(25-36,37-17-19-38-20-18-37)28-13-15-29(35)16-14-28/h3-16,30-32H,17-24H2,1-2H3/t30-,31-,32+,34+/m1/s1. The summed E-state index contributed by atoms with van der Waals surface area (Å²) in [5.74, 6) is -0.754. The van der Waals surface area contributed by atoms with Crippen molar-refractivity contribution >= 4 is 11.6 Å². The third kappa shape index (κ3) is 7.58. The molecule has 3 aromatic carbocycles. The van der Waals surface area contributed by atoms with Gasteiger partial charge in [0.15, 0.2) is 5.79 Å². The minimum absolute atomic E-state index is 0.345. The Labute approximate surface area is 253 Å². The predicted molar refractivity (Wildman–Crippen MR) is 161 cm³/mol. The van der Waals surface area contributed by atoms with Crippen molar-refractivity contribution in [2.24, 2.45) is 0 Å². The molecule has 0 unspecified atom stereocenters. The maximum atomic E-state index is 11.0. The Balaban J connectivity index is 1.53. The van der Waals surface area contributed by atoms with Crippen molar-refractivity contribution in [2.45, 2.75) is 63.1 Å². The fraction of sp³-hybridized carbons (Fsp3) is 0.441. The maximum absolute atomic E-state index is 11.0. The molecule has 0 bridgehead atoms. The molecule has 2 aliphatic heterocycles. The highest BCUT2D eigenvalue weighted by molar-refractivity contribution is 6.30. The number of halogens is 1. The summed E-state index contributed by atoms with van der Waals surface area (Å²) in [5.41, 5.74) is 1.92. The monoisotopic (exact) mass is 590 g/mol. The number of nitriles is 1. The van der Waals surface area contributed by atoms with Gasteiger partial charge in [-0.3, -0.25) is 4.90 Å². The largest absolute Gasteiger partial charge is 0.379 e. The highest BCUT2D eigenvalue weighted by Gasteiger charge is 2.48. The van der Waals surface area contributed by atoms with E-state index in [1.807, 2.05) is 98.8 Å². The average Bonchev–Trinajstić information content (AvgIpc) is 3.39. The van der Waals surface area contributed by atoms with Crippen LogP contribution in [0, 0.1) is 11.3 Å². The van der Waals surface area contributed by atoms with E-state index in [0.717, 1.165) is 16.7 Å². The summed E-state index contributed by atoms with van der Waals surface area (Å²) in [6.45, 7) is 7.23. The minimum atomic E-state index is -1.01. The number of ether oxygens (including phenoxy) is 5. The van der Waals surface area contributed by atoms with Gasteiger partial charge in [-0.2, -0.15) is 5.26 Å². The lowest BCUT2D eigenvalue weighted by Gasteiger charge is -2.44. The van der Waals surface area contributed by atoms with Gasteiger partial charge in [-0.1, -0.05) is 84.4 Å². The number of rotatable bonds is 12. The van der Waals surface area contributed by atoms with Crippen molar-refractivity contribution in [2.75, 3.05) is 32.9 Å². The molecule has 2 heterocycles. The summed E-state index contributed by atoms with van der Waals surface area (Å²) in [7, 11) is 0. The molecule has 2 fully saturated rings. The Morgan fingerprint density at radius 2 is 1.52 bits per heavy atom.